The first kappa shape index (κ1) is 18.6. The Morgan fingerprint density at radius 2 is 1.62 bits per heavy atom. The average molecular weight is 392 g/mol. The minimum Gasteiger partial charge on any atom is -0.348 e. The van der Waals surface area contributed by atoms with E-state index in [2.05, 4.69) is 35.7 Å². The minimum absolute atomic E-state index is 0.163. The molecule has 152 valence electrons. The van der Waals surface area contributed by atoms with Crippen molar-refractivity contribution in [3.05, 3.63) is 47.0 Å². The molecule has 3 amide bonds. The fourth-order valence-electron chi connectivity index (χ4n) is 5.86. The highest BCUT2D eigenvalue weighted by Gasteiger charge is 2.60. The van der Waals surface area contributed by atoms with Crippen LogP contribution in [0.15, 0.2) is 30.4 Å². The molecule has 5 heteroatoms. The van der Waals surface area contributed by atoms with Gasteiger partial charge in [0.15, 0.2) is 0 Å². The molecule has 3 aliphatic carbocycles. The molecular formula is C24H28N2O3. The Morgan fingerprint density at radius 1 is 1.00 bits per heavy atom. The van der Waals surface area contributed by atoms with Crippen LogP contribution in [0.2, 0.25) is 0 Å². The molecule has 2 fully saturated rings. The van der Waals surface area contributed by atoms with Gasteiger partial charge in [-0.3, -0.25) is 19.3 Å². The number of fused-ring (bicyclic) bond motifs is 6. The molecule has 5 nitrogen and oxygen atoms in total. The Kier molecular flexibility index (Phi) is 4.37. The van der Waals surface area contributed by atoms with Crippen LogP contribution in [0.5, 0.6) is 0 Å². The van der Waals surface area contributed by atoms with Crippen LogP contribution < -0.4 is 5.32 Å². The molecule has 1 saturated heterocycles. The van der Waals surface area contributed by atoms with Crippen LogP contribution in [0.1, 0.15) is 55.8 Å². The second-order valence-corrected chi connectivity index (χ2v) is 9.19. The third kappa shape index (κ3) is 2.85. The van der Waals surface area contributed by atoms with Crippen LogP contribution >= 0.6 is 0 Å². The minimum atomic E-state index is -0.778. The lowest BCUT2D eigenvalue weighted by atomic mass is 9.85. The van der Waals surface area contributed by atoms with E-state index in [0.717, 1.165) is 24.8 Å². The molecule has 1 aromatic carbocycles. The Morgan fingerprint density at radius 3 is 2.28 bits per heavy atom. The van der Waals surface area contributed by atoms with Crippen LogP contribution in [0.3, 0.4) is 0 Å². The third-order valence-corrected chi connectivity index (χ3v) is 7.50. The van der Waals surface area contributed by atoms with Crippen LogP contribution in [0, 0.1) is 23.7 Å². The van der Waals surface area contributed by atoms with Gasteiger partial charge in [0.05, 0.1) is 17.9 Å². The zero-order valence-electron chi connectivity index (χ0n) is 17.1. The molecule has 1 saturated carbocycles. The largest absolute Gasteiger partial charge is 0.348 e. The summed E-state index contributed by atoms with van der Waals surface area (Å²) in [5, 5.41) is 3.02. The number of aryl methyl sites for hydroxylation is 2. The summed E-state index contributed by atoms with van der Waals surface area (Å²) in [5.74, 6) is -0.789. The maximum Gasteiger partial charge on any atom is 0.243 e. The van der Waals surface area contributed by atoms with Crippen LogP contribution in [0.4, 0.5) is 0 Å². The summed E-state index contributed by atoms with van der Waals surface area (Å²) in [5.41, 5.74) is 3.86. The van der Waals surface area contributed by atoms with Gasteiger partial charge in [-0.2, -0.15) is 0 Å². The second-order valence-electron chi connectivity index (χ2n) is 9.19. The third-order valence-electron chi connectivity index (χ3n) is 7.50. The number of nitrogens with one attached hydrogen (secondary N) is 1. The van der Waals surface area contributed by atoms with E-state index in [1.807, 2.05) is 6.92 Å². The Hall–Kier alpha value is -2.43. The van der Waals surface area contributed by atoms with Gasteiger partial charge in [0, 0.05) is 0 Å². The normalized spacial score (nSPS) is 31.6. The highest BCUT2D eigenvalue weighted by atomic mass is 16.2. The molecule has 29 heavy (non-hydrogen) atoms. The number of carbonyl (C=O) groups is 3. The van der Waals surface area contributed by atoms with Gasteiger partial charge in [0.1, 0.15) is 6.04 Å². The van der Waals surface area contributed by atoms with E-state index in [1.54, 1.807) is 6.92 Å². The fourth-order valence-corrected chi connectivity index (χ4v) is 5.86. The quantitative estimate of drug-likeness (QED) is 0.633. The summed E-state index contributed by atoms with van der Waals surface area (Å²) in [6, 6.07) is 5.51. The van der Waals surface area contributed by atoms with Crippen molar-refractivity contribution >= 4 is 17.7 Å². The van der Waals surface area contributed by atoms with E-state index in [9.17, 15) is 14.4 Å². The topological polar surface area (TPSA) is 66.5 Å². The number of allylic oxidation sites excluding steroid dienone is 2. The molecular weight excluding hydrogens is 364 g/mol. The van der Waals surface area contributed by atoms with E-state index in [-0.39, 0.29) is 47.4 Å². The molecule has 2 bridgehead atoms. The zero-order valence-corrected chi connectivity index (χ0v) is 17.1. The molecule has 6 unspecified atom stereocenters. The monoisotopic (exact) mass is 392 g/mol. The molecule has 1 N–H and O–H groups in total. The molecule has 0 spiro atoms. The van der Waals surface area contributed by atoms with Gasteiger partial charge in [-0.1, -0.05) is 30.4 Å². The van der Waals surface area contributed by atoms with Crippen LogP contribution in [-0.2, 0) is 27.2 Å². The number of likely N-dealkylation sites (tertiary alicyclic amines) is 1. The smallest absolute Gasteiger partial charge is 0.243 e. The van der Waals surface area contributed by atoms with Crippen molar-refractivity contribution in [1.29, 1.82) is 0 Å². The van der Waals surface area contributed by atoms with Crippen molar-refractivity contribution in [2.24, 2.45) is 23.7 Å². The van der Waals surface area contributed by atoms with Crippen LogP contribution in [-0.4, -0.2) is 28.7 Å². The van der Waals surface area contributed by atoms with Gasteiger partial charge in [0.25, 0.3) is 0 Å². The van der Waals surface area contributed by atoms with Crippen molar-refractivity contribution < 1.29 is 14.4 Å². The van der Waals surface area contributed by atoms with E-state index >= 15 is 0 Å². The van der Waals surface area contributed by atoms with Crippen molar-refractivity contribution in [3.63, 3.8) is 0 Å². The summed E-state index contributed by atoms with van der Waals surface area (Å²) in [6.45, 7) is 3.63. The standard InChI is InChI=1S/C24H28N2O3/c1-13(16-8-7-15-5-3-4-6-17(15)11-16)25-22(27)14(2)26-23(28)20-18-9-10-19(12-18)21(20)24(26)29/h7-11,13-14,18-21H,3-6,12H2,1-2H3,(H,25,27). The first-order valence-electron chi connectivity index (χ1n) is 10.9. The van der Waals surface area contributed by atoms with Gasteiger partial charge < -0.3 is 5.32 Å². The van der Waals surface area contributed by atoms with Gasteiger partial charge in [-0.15, -0.1) is 0 Å². The number of hydrogen-bond acceptors (Lipinski definition) is 3. The lowest BCUT2D eigenvalue weighted by Gasteiger charge is -2.26. The fraction of sp³-hybridized carbons (Fsp3) is 0.542. The second kappa shape index (κ2) is 6.82. The van der Waals surface area contributed by atoms with Crippen molar-refractivity contribution in [2.45, 2.75) is 58.0 Å². The molecule has 1 aliphatic heterocycles. The number of carbonyl (C=O) groups excluding carboxylic acids is 3. The summed E-state index contributed by atoms with van der Waals surface area (Å²) in [6.07, 6.45) is 9.73. The molecule has 1 aromatic rings. The van der Waals surface area contributed by atoms with E-state index in [1.165, 1.54) is 28.9 Å². The summed E-state index contributed by atoms with van der Waals surface area (Å²) in [7, 11) is 0. The highest BCUT2D eigenvalue weighted by Crippen LogP contribution is 2.52. The van der Waals surface area contributed by atoms with E-state index in [0.29, 0.717) is 0 Å². The maximum atomic E-state index is 12.9. The summed E-state index contributed by atoms with van der Waals surface area (Å²) >= 11 is 0. The van der Waals surface area contributed by atoms with Gasteiger partial charge in [0.2, 0.25) is 17.7 Å². The van der Waals surface area contributed by atoms with Gasteiger partial charge >= 0.3 is 0 Å². The molecule has 4 aliphatic rings. The predicted octanol–water partition coefficient (Wildman–Crippen LogP) is 2.94. The SMILES string of the molecule is CC(NC(=O)C(C)N1C(=O)C2C3C=CC(C3)C2C1=O)c1ccc2c(c1)CCCC2. The number of benzene rings is 1. The zero-order chi connectivity index (χ0) is 20.3. The number of rotatable bonds is 4. The Bertz CT molecular complexity index is 891. The maximum absolute atomic E-state index is 12.9. The number of nitrogens with zero attached hydrogens (tertiary/aromatic N) is 1. The molecule has 1 heterocycles. The average Bonchev–Trinajstić information content (AvgIpc) is 3.41. The predicted molar refractivity (Wildman–Crippen MR) is 109 cm³/mol. The number of amides is 3. The highest BCUT2D eigenvalue weighted by molar-refractivity contribution is 6.09. The van der Waals surface area contributed by atoms with Crippen molar-refractivity contribution in [3.8, 4) is 0 Å². The molecule has 5 rings (SSSR count). The Balaban J connectivity index is 1.29. The van der Waals surface area contributed by atoms with Gasteiger partial charge in [-0.25, -0.2) is 0 Å². The molecule has 0 radical (unpaired) electrons. The van der Waals surface area contributed by atoms with Gasteiger partial charge in [-0.05, 0) is 74.5 Å². The first-order valence-corrected chi connectivity index (χ1v) is 10.9. The van der Waals surface area contributed by atoms with E-state index in [4.69, 9.17) is 0 Å². The Labute approximate surface area is 171 Å². The first-order chi connectivity index (χ1) is 14.0. The summed E-state index contributed by atoms with van der Waals surface area (Å²) in [4.78, 5) is 40.0. The number of hydrogen-bond donors (Lipinski definition) is 1. The van der Waals surface area contributed by atoms with Crippen molar-refractivity contribution in [2.75, 3.05) is 0 Å². The summed E-state index contributed by atoms with van der Waals surface area (Å²) < 4.78 is 0. The molecule has 0 aromatic heterocycles. The van der Waals surface area contributed by atoms with Crippen molar-refractivity contribution in [1.82, 2.24) is 10.2 Å². The number of imide groups is 1. The molecule has 6 atom stereocenters. The van der Waals surface area contributed by atoms with E-state index < -0.39 is 6.04 Å². The lowest BCUT2D eigenvalue weighted by molar-refractivity contribution is -0.148. The van der Waals surface area contributed by atoms with Crippen LogP contribution in [0.25, 0.3) is 0 Å². The lowest BCUT2D eigenvalue weighted by Crippen LogP contribution is -2.49.